The summed E-state index contributed by atoms with van der Waals surface area (Å²) in [6, 6.07) is 6.59. The number of anilines is 1. The van der Waals surface area contributed by atoms with Gasteiger partial charge in [-0.25, -0.2) is 0 Å². The minimum Gasteiger partial charge on any atom is -0.377 e. The van der Waals surface area contributed by atoms with Crippen molar-refractivity contribution in [1.29, 1.82) is 0 Å². The zero-order chi connectivity index (χ0) is 19.4. The third-order valence-corrected chi connectivity index (χ3v) is 6.00. The first-order chi connectivity index (χ1) is 13.0. The largest absolute Gasteiger partial charge is 0.377 e. The number of rotatable bonds is 5. The number of carbonyl (C=O) groups is 1. The van der Waals surface area contributed by atoms with E-state index >= 15 is 0 Å². The van der Waals surface area contributed by atoms with Crippen LogP contribution < -0.4 is 10.6 Å². The molecule has 2 aliphatic rings. The Balaban J connectivity index is 0.00000210. The highest BCUT2D eigenvalue weighted by Gasteiger charge is 2.35. The van der Waals surface area contributed by atoms with Crippen molar-refractivity contribution in [3.63, 3.8) is 0 Å². The topological polar surface area (TPSA) is 58.8 Å². The zero-order valence-corrected chi connectivity index (χ0v) is 19.6. The molecule has 3 atom stereocenters. The van der Waals surface area contributed by atoms with E-state index in [4.69, 9.17) is 10.5 Å². The van der Waals surface area contributed by atoms with Gasteiger partial charge >= 0.3 is 0 Å². The molecular weight excluding hydrogens is 409 g/mol. The second-order valence-corrected chi connectivity index (χ2v) is 8.19. The molecule has 1 aromatic rings. The second kappa shape index (κ2) is 12.0. The summed E-state index contributed by atoms with van der Waals surface area (Å²) in [6.45, 7) is 10.6. The van der Waals surface area contributed by atoms with E-state index in [0.29, 0.717) is 5.91 Å². The number of carbonyl (C=O) groups excluding carboxylic acids is 1. The Hall–Kier alpha value is -1.01. The van der Waals surface area contributed by atoms with Gasteiger partial charge in [0, 0.05) is 50.4 Å². The van der Waals surface area contributed by atoms with Crippen LogP contribution in [-0.2, 0) is 9.53 Å². The molecule has 0 radical (unpaired) electrons. The third-order valence-electron chi connectivity index (χ3n) is 6.00. The monoisotopic (exact) mass is 445 g/mol. The number of nitrogens with zero attached hydrogens (tertiary/aromatic N) is 2. The van der Waals surface area contributed by atoms with Crippen molar-refractivity contribution < 1.29 is 9.53 Å². The Bertz CT molecular complexity index is 651. The van der Waals surface area contributed by atoms with Gasteiger partial charge in [-0.15, -0.1) is 24.8 Å². The molecule has 0 aromatic heterocycles. The molecular formula is C22H37Cl2N3O2. The van der Waals surface area contributed by atoms with E-state index in [1.165, 1.54) is 16.8 Å². The van der Waals surface area contributed by atoms with Gasteiger partial charge in [0.15, 0.2) is 0 Å². The summed E-state index contributed by atoms with van der Waals surface area (Å²) in [5.74, 6) is 0.355. The van der Waals surface area contributed by atoms with E-state index in [2.05, 4.69) is 43.9 Å². The fraction of sp³-hybridized carbons (Fsp3) is 0.682. The molecule has 0 spiro atoms. The summed E-state index contributed by atoms with van der Waals surface area (Å²) < 4.78 is 5.84. The number of hydrogen-bond acceptors (Lipinski definition) is 4. The molecule has 3 rings (SSSR count). The standard InChI is InChI=1S/C22H35N3O2.2ClH/c1-4-13-27-21-8-6-18(15-19(21)23)22(26)25-11-9-24(10-12-25)20-7-5-16(2)14-17(20)3;;/h5,7,14,18-19,21H,4,6,8-13,15,23H2,1-3H3;2*1H/t18-,19+,21+;;/m0../s1. The van der Waals surface area contributed by atoms with E-state index < -0.39 is 0 Å². The first-order valence-electron chi connectivity index (χ1n) is 10.5. The summed E-state index contributed by atoms with van der Waals surface area (Å²) in [4.78, 5) is 17.4. The molecule has 1 aromatic carbocycles. The first-order valence-corrected chi connectivity index (χ1v) is 10.5. The quantitative estimate of drug-likeness (QED) is 0.749. The van der Waals surface area contributed by atoms with Gasteiger partial charge in [0.1, 0.15) is 0 Å². The molecule has 2 fully saturated rings. The van der Waals surface area contributed by atoms with Crippen molar-refractivity contribution in [3.8, 4) is 0 Å². The molecule has 1 aliphatic heterocycles. The van der Waals surface area contributed by atoms with Gasteiger partial charge in [0.2, 0.25) is 5.91 Å². The van der Waals surface area contributed by atoms with Crippen molar-refractivity contribution in [1.82, 2.24) is 4.90 Å². The Morgan fingerprint density at radius 2 is 1.83 bits per heavy atom. The van der Waals surface area contributed by atoms with Gasteiger partial charge in [0.25, 0.3) is 0 Å². The Kier molecular flexibility index (Phi) is 10.8. The highest BCUT2D eigenvalue weighted by atomic mass is 35.5. The molecule has 1 saturated carbocycles. The molecule has 0 bridgehead atoms. The predicted octanol–water partition coefficient (Wildman–Crippen LogP) is 3.72. The number of halogens is 2. The van der Waals surface area contributed by atoms with Crippen LogP contribution in [0.25, 0.3) is 0 Å². The van der Waals surface area contributed by atoms with Crippen LogP contribution in [0.15, 0.2) is 18.2 Å². The fourth-order valence-corrected chi connectivity index (χ4v) is 4.46. The highest BCUT2D eigenvalue weighted by molar-refractivity contribution is 5.85. The number of piperazine rings is 1. The lowest BCUT2D eigenvalue weighted by Crippen LogP contribution is -2.52. The number of amides is 1. The van der Waals surface area contributed by atoms with Gasteiger partial charge in [0.05, 0.1) is 6.10 Å². The van der Waals surface area contributed by atoms with Crippen LogP contribution in [0.2, 0.25) is 0 Å². The van der Waals surface area contributed by atoms with E-state index in [-0.39, 0.29) is 42.9 Å². The number of aryl methyl sites for hydroxylation is 2. The van der Waals surface area contributed by atoms with E-state index in [1.54, 1.807) is 0 Å². The van der Waals surface area contributed by atoms with Crippen LogP contribution in [0.5, 0.6) is 0 Å². The predicted molar refractivity (Wildman–Crippen MR) is 125 cm³/mol. The average molecular weight is 446 g/mol. The van der Waals surface area contributed by atoms with Gasteiger partial charge in [-0.05, 0) is 51.2 Å². The summed E-state index contributed by atoms with van der Waals surface area (Å²) >= 11 is 0. The summed E-state index contributed by atoms with van der Waals surface area (Å²) in [7, 11) is 0. The molecule has 5 nitrogen and oxygen atoms in total. The molecule has 0 unspecified atom stereocenters. The maximum Gasteiger partial charge on any atom is 0.225 e. The molecule has 1 amide bonds. The average Bonchev–Trinajstić information content (AvgIpc) is 2.67. The van der Waals surface area contributed by atoms with E-state index in [9.17, 15) is 4.79 Å². The minimum absolute atomic E-state index is 0. The van der Waals surface area contributed by atoms with Gasteiger partial charge in [-0.2, -0.15) is 0 Å². The van der Waals surface area contributed by atoms with Crippen molar-refractivity contribution in [3.05, 3.63) is 29.3 Å². The molecule has 7 heteroatoms. The van der Waals surface area contributed by atoms with Crippen molar-refractivity contribution in [2.45, 2.75) is 58.6 Å². The molecule has 29 heavy (non-hydrogen) atoms. The Morgan fingerprint density at radius 1 is 1.14 bits per heavy atom. The minimum atomic E-state index is -0.0178. The van der Waals surface area contributed by atoms with Crippen LogP contribution in [0, 0.1) is 19.8 Å². The summed E-state index contributed by atoms with van der Waals surface area (Å²) in [5, 5.41) is 0. The Morgan fingerprint density at radius 3 is 2.41 bits per heavy atom. The Labute approximate surface area is 188 Å². The molecule has 2 N–H and O–H groups in total. The fourth-order valence-electron chi connectivity index (χ4n) is 4.46. The number of hydrogen-bond donors (Lipinski definition) is 1. The van der Waals surface area contributed by atoms with Gasteiger partial charge in [-0.3, -0.25) is 4.79 Å². The molecule has 1 aliphatic carbocycles. The van der Waals surface area contributed by atoms with Gasteiger partial charge in [-0.1, -0.05) is 24.6 Å². The van der Waals surface area contributed by atoms with Crippen molar-refractivity contribution in [2.24, 2.45) is 11.7 Å². The van der Waals surface area contributed by atoms with Crippen LogP contribution >= 0.6 is 24.8 Å². The maximum absolute atomic E-state index is 13.0. The highest BCUT2D eigenvalue weighted by Crippen LogP contribution is 2.28. The molecule has 166 valence electrons. The van der Waals surface area contributed by atoms with E-state index in [1.807, 2.05) is 4.90 Å². The van der Waals surface area contributed by atoms with Crippen LogP contribution in [0.3, 0.4) is 0 Å². The normalized spacial score (nSPS) is 24.5. The number of benzene rings is 1. The number of ether oxygens (including phenoxy) is 1. The molecule has 1 heterocycles. The van der Waals surface area contributed by atoms with E-state index in [0.717, 1.165) is 58.5 Å². The van der Waals surface area contributed by atoms with Gasteiger partial charge < -0.3 is 20.3 Å². The third kappa shape index (κ3) is 6.48. The maximum atomic E-state index is 13.0. The lowest BCUT2D eigenvalue weighted by molar-refractivity contribution is -0.138. The summed E-state index contributed by atoms with van der Waals surface area (Å²) in [5.41, 5.74) is 10.2. The van der Waals surface area contributed by atoms with Crippen molar-refractivity contribution in [2.75, 3.05) is 37.7 Å². The van der Waals surface area contributed by atoms with Crippen LogP contribution in [0.4, 0.5) is 5.69 Å². The lowest BCUT2D eigenvalue weighted by Gasteiger charge is -2.40. The van der Waals surface area contributed by atoms with Crippen LogP contribution in [-0.4, -0.2) is 55.7 Å². The second-order valence-electron chi connectivity index (χ2n) is 8.19. The molecule has 1 saturated heterocycles. The number of nitrogens with two attached hydrogens (primary N) is 1. The van der Waals surface area contributed by atoms with Crippen molar-refractivity contribution >= 4 is 36.4 Å². The lowest BCUT2D eigenvalue weighted by atomic mass is 9.83. The first kappa shape index (κ1) is 26.0. The zero-order valence-electron chi connectivity index (χ0n) is 17.9. The SMILES string of the molecule is CCCO[C@@H]1CC[C@H](C(=O)N2CCN(c3ccc(C)cc3C)CC2)C[C@H]1N.Cl.Cl. The van der Waals surface area contributed by atoms with Crippen LogP contribution in [0.1, 0.15) is 43.7 Å². The smallest absolute Gasteiger partial charge is 0.225 e. The summed E-state index contributed by atoms with van der Waals surface area (Å²) in [6.07, 6.45) is 3.69.